The van der Waals surface area contributed by atoms with E-state index in [1.165, 1.54) is 11.0 Å². The normalized spacial score (nSPS) is 9.95. The number of carbonyl (C=O) groups is 3. The minimum Gasteiger partial charge on any atom is -0.480 e. The fourth-order valence-corrected chi connectivity index (χ4v) is 1.59. The average molecular weight is 291 g/mol. The Morgan fingerprint density at radius 1 is 1.14 bits per heavy atom. The molecule has 0 saturated heterocycles. The van der Waals surface area contributed by atoms with Gasteiger partial charge in [0.15, 0.2) is 0 Å². The zero-order chi connectivity index (χ0) is 15.7. The summed E-state index contributed by atoms with van der Waals surface area (Å²) in [4.78, 5) is 35.4. The molecule has 0 fully saturated rings. The lowest BCUT2D eigenvalue weighted by molar-refractivity contribution is -0.138. The van der Waals surface area contributed by atoms with E-state index in [-0.39, 0.29) is 19.6 Å². The molecule has 3 N–H and O–H groups in total. The van der Waals surface area contributed by atoms with Gasteiger partial charge in [-0.05, 0) is 12.1 Å². The molecule has 0 saturated carbocycles. The molecule has 0 aliphatic rings. The third-order valence-corrected chi connectivity index (χ3v) is 2.46. The molecule has 0 unspecified atom stereocenters. The molecule has 112 valence electrons. The number of hydrazine groups is 1. The van der Waals surface area contributed by atoms with Crippen molar-refractivity contribution in [1.29, 1.82) is 0 Å². The number of hydrogen-bond donors (Lipinski definition) is 3. The Labute approximate surface area is 122 Å². The Bertz CT molecular complexity index is 516. The minimum absolute atomic E-state index is 0.159. The van der Waals surface area contributed by atoms with Gasteiger partial charge in [0.25, 0.3) is 11.8 Å². The molecule has 0 atom stereocenters. The first kappa shape index (κ1) is 16.4. The molecule has 0 aromatic heterocycles. The van der Waals surface area contributed by atoms with Gasteiger partial charge >= 0.3 is 5.97 Å². The summed E-state index contributed by atoms with van der Waals surface area (Å²) in [6, 6.07) is 8.39. The van der Waals surface area contributed by atoms with E-state index in [2.05, 4.69) is 17.4 Å². The van der Waals surface area contributed by atoms with Crippen LogP contribution in [0.1, 0.15) is 10.4 Å². The van der Waals surface area contributed by atoms with Crippen LogP contribution in [0.4, 0.5) is 0 Å². The lowest BCUT2D eigenvalue weighted by Crippen LogP contribution is -2.47. The second-order valence-electron chi connectivity index (χ2n) is 4.22. The Hall–Kier alpha value is -2.67. The van der Waals surface area contributed by atoms with Gasteiger partial charge in [-0.2, -0.15) is 0 Å². The minimum atomic E-state index is -1.04. The quantitative estimate of drug-likeness (QED) is 0.486. The highest BCUT2D eigenvalue weighted by Gasteiger charge is 2.13. The smallest absolute Gasteiger partial charge is 0.317 e. The van der Waals surface area contributed by atoms with E-state index in [1.54, 1.807) is 30.3 Å². The predicted octanol–water partition coefficient (Wildman–Crippen LogP) is 0.0202. The van der Waals surface area contributed by atoms with Crippen LogP contribution in [0.15, 0.2) is 43.0 Å². The molecule has 7 nitrogen and oxygen atoms in total. The summed E-state index contributed by atoms with van der Waals surface area (Å²) in [5.41, 5.74) is 4.91. The van der Waals surface area contributed by atoms with Crippen LogP contribution >= 0.6 is 0 Å². The van der Waals surface area contributed by atoms with Crippen molar-refractivity contribution >= 4 is 17.8 Å². The molecule has 1 aromatic carbocycles. The SMILES string of the molecule is C=CCN(CC(=O)O)CC(=O)NNC(=O)c1ccccc1. The summed E-state index contributed by atoms with van der Waals surface area (Å²) in [5, 5.41) is 8.71. The second-order valence-corrected chi connectivity index (χ2v) is 4.22. The molecule has 0 spiro atoms. The van der Waals surface area contributed by atoms with Crippen molar-refractivity contribution in [3.63, 3.8) is 0 Å². The third-order valence-electron chi connectivity index (χ3n) is 2.46. The van der Waals surface area contributed by atoms with Crippen LogP contribution in [0.2, 0.25) is 0 Å². The first-order chi connectivity index (χ1) is 10.0. The number of carboxylic acid groups (broad SMARTS) is 1. The predicted molar refractivity (Wildman–Crippen MR) is 76.3 cm³/mol. The van der Waals surface area contributed by atoms with Crippen molar-refractivity contribution in [2.45, 2.75) is 0 Å². The number of amides is 2. The molecule has 2 amide bonds. The van der Waals surface area contributed by atoms with Crippen molar-refractivity contribution in [1.82, 2.24) is 15.8 Å². The largest absolute Gasteiger partial charge is 0.480 e. The summed E-state index contributed by atoms with van der Waals surface area (Å²) in [5.74, 6) is -2.00. The zero-order valence-electron chi connectivity index (χ0n) is 11.4. The van der Waals surface area contributed by atoms with E-state index >= 15 is 0 Å². The summed E-state index contributed by atoms with van der Waals surface area (Å²) in [6.45, 7) is 3.30. The maximum absolute atomic E-state index is 11.7. The number of aliphatic carboxylic acids is 1. The molecule has 7 heteroatoms. The maximum Gasteiger partial charge on any atom is 0.317 e. The van der Waals surface area contributed by atoms with Crippen molar-refractivity contribution in [2.24, 2.45) is 0 Å². The van der Waals surface area contributed by atoms with Gasteiger partial charge in [0.2, 0.25) is 0 Å². The van der Waals surface area contributed by atoms with Gasteiger partial charge in [-0.25, -0.2) is 0 Å². The van der Waals surface area contributed by atoms with E-state index in [4.69, 9.17) is 5.11 Å². The standard InChI is InChI=1S/C14H17N3O4/c1-2-8-17(10-13(19)20)9-12(18)15-16-14(21)11-6-4-3-5-7-11/h2-7H,1,8-10H2,(H,15,18)(H,16,21)(H,19,20). The molecule has 1 rings (SSSR count). The monoisotopic (exact) mass is 291 g/mol. The lowest BCUT2D eigenvalue weighted by atomic mass is 10.2. The van der Waals surface area contributed by atoms with E-state index in [9.17, 15) is 14.4 Å². The Morgan fingerprint density at radius 3 is 2.38 bits per heavy atom. The number of carboxylic acids is 1. The maximum atomic E-state index is 11.7. The third kappa shape index (κ3) is 6.35. The highest BCUT2D eigenvalue weighted by molar-refractivity contribution is 5.95. The van der Waals surface area contributed by atoms with E-state index in [0.29, 0.717) is 5.56 Å². The van der Waals surface area contributed by atoms with Crippen molar-refractivity contribution in [3.8, 4) is 0 Å². The number of nitrogens with zero attached hydrogens (tertiary/aromatic N) is 1. The van der Waals surface area contributed by atoms with Crippen LogP contribution in [-0.4, -0.2) is 47.4 Å². The van der Waals surface area contributed by atoms with Crippen molar-refractivity contribution < 1.29 is 19.5 Å². The molecule has 0 radical (unpaired) electrons. The first-order valence-electron chi connectivity index (χ1n) is 6.22. The second kappa shape index (κ2) is 8.49. The van der Waals surface area contributed by atoms with E-state index < -0.39 is 17.8 Å². The number of benzene rings is 1. The number of carbonyl (C=O) groups excluding carboxylic acids is 2. The topological polar surface area (TPSA) is 98.7 Å². The molecular weight excluding hydrogens is 274 g/mol. The zero-order valence-corrected chi connectivity index (χ0v) is 11.4. The van der Waals surface area contributed by atoms with Gasteiger partial charge in [0.05, 0.1) is 13.1 Å². The van der Waals surface area contributed by atoms with Crippen molar-refractivity contribution in [2.75, 3.05) is 19.6 Å². The van der Waals surface area contributed by atoms with Crippen LogP contribution in [0.5, 0.6) is 0 Å². The van der Waals surface area contributed by atoms with Crippen LogP contribution in [0.3, 0.4) is 0 Å². The molecule has 0 heterocycles. The highest BCUT2D eigenvalue weighted by atomic mass is 16.4. The molecule has 0 aliphatic heterocycles. The van der Waals surface area contributed by atoms with Crippen LogP contribution in [0.25, 0.3) is 0 Å². The number of nitrogens with one attached hydrogen (secondary N) is 2. The molecular formula is C14H17N3O4. The summed E-state index contributed by atoms with van der Waals surface area (Å²) < 4.78 is 0. The lowest BCUT2D eigenvalue weighted by Gasteiger charge is -2.17. The van der Waals surface area contributed by atoms with Gasteiger partial charge in [-0.15, -0.1) is 6.58 Å². The number of hydrogen-bond acceptors (Lipinski definition) is 4. The fraction of sp³-hybridized carbons (Fsp3) is 0.214. The van der Waals surface area contributed by atoms with Crippen LogP contribution < -0.4 is 10.9 Å². The van der Waals surface area contributed by atoms with E-state index in [0.717, 1.165) is 0 Å². The van der Waals surface area contributed by atoms with Crippen molar-refractivity contribution in [3.05, 3.63) is 48.6 Å². The Kier molecular flexibility index (Phi) is 6.62. The molecule has 21 heavy (non-hydrogen) atoms. The highest BCUT2D eigenvalue weighted by Crippen LogP contribution is 1.96. The van der Waals surface area contributed by atoms with Gasteiger partial charge in [0, 0.05) is 12.1 Å². The first-order valence-corrected chi connectivity index (χ1v) is 6.22. The molecule has 0 bridgehead atoms. The van der Waals surface area contributed by atoms with E-state index in [1.807, 2.05) is 0 Å². The van der Waals surface area contributed by atoms with Crippen LogP contribution in [0, 0.1) is 0 Å². The Balaban J connectivity index is 2.43. The van der Waals surface area contributed by atoms with Crippen LogP contribution in [-0.2, 0) is 9.59 Å². The fourth-order valence-electron chi connectivity index (χ4n) is 1.59. The average Bonchev–Trinajstić information content (AvgIpc) is 2.45. The number of rotatable bonds is 7. The Morgan fingerprint density at radius 2 is 1.81 bits per heavy atom. The molecule has 1 aromatic rings. The van der Waals surface area contributed by atoms with Gasteiger partial charge in [-0.3, -0.25) is 30.1 Å². The summed E-state index contributed by atoms with van der Waals surface area (Å²) in [6.07, 6.45) is 1.50. The summed E-state index contributed by atoms with van der Waals surface area (Å²) in [7, 11) is 0. The molecule has 0 aliphatic carbocycles. The van der Waals surface area contributed by atoms with Gasteiger partial charge in [-0.1, -0.05) is 24.3 Å². The summed E-state index contributed by atoms with van der Waals surface area (Å²) >= 11 is 0. The van der Waals surface area contributed by atoms with Gasteiger partial charge in [0.1, 0.15) is 0 Å². The van der Waals surface area contributed by atoms with Gasteiger partial charge < -0.3 is 5.11 Å².